The van der Waals surface area contributed by atoms with E-state index in [4.69, 9.17) is 0 Å². The topological polar surface area (TPSA) is 0 Å². The van der Waals surface area contributed by atoms with Gasteiger partial charge in [0, 0.05) is 0 Å². The molecule has 1 aliphatic rings. The van der Waals surface area contributed by atoms with Crippen molar-refractivity contribution in [3.8, 4) is 0 Å². The average Bonchev–Trinajstić information content (AvgIpc) is 2.01. The molecule has 1 aliphatic carbocycles. The van der Waals surface area contributed by atoms with Gasteiger partial charge in [0.05, 0.1) is 0 Å². The molecule has 0 aromatic carbocycles. The van der Waals surface area contributed by atoms with Gasteiger partial charge in [-0.15, -0.1) is 0 Å². The van der Waals surface area contributed by atoms with Crippen molar-refractivity contribution in [2.75, 3.05) is 0 Å². The molecular weight excluding hydrogens is 120 g/mol. The monoisotopic (exact) mass is 132 g/mol. The number of hydrogen-bond donors (Lipinski definition) is 0. The highest BCUT2D eigenvalue weighted by Crippen LogP contribution is 1.95. The van der Waals surface area contributed by atoms with Crippen LogP contribution in [0.4, 0.5) is 0 Å². The summed E-state index contributed by atoms with van der Waals surface area (Å²) in [4.78, 5) is 0. The molecule has 0 heteroatoms. The van der Waals surface area contributed by atoms with Crippen LogP contribution >= 0.6 is 0 Å². The summed E-state index contributed by atoms with van der Waals surface area (Å²) in [6, 6.07) is 0. The van der Waals surface area contributed by atoms with E-state index in [9.17, 15) is 0 Å². The van der Waals surface area contributed by atoms with Crippen molar-refractivity contribution in [3.05, 3.63) is 48.6 Å². The van der Waals surface area contributed by atoms with Crippen molar-refractivity contribution in [3.63, 3.8) is 0 Å². The predicted molar refractivity (Wildman–Crippen MR) is 45.8 cm³/mol. The summed E-state index contributed by atoms with van der Waals surface area (Å²) >= 11 is 0. The van der Waals surface area contributed by atoms with Gasteiger partial charge in [0.1, 0.15) is 0 Å². The normalized spacial score (nSPS) is 30.4. The Hall–Kier alpha value is -1.04. The maximum atomic E-state index is 2.18. The Morgan fingerprint density at radius 3 is 1.40 bits per heavy atom. The van der Waals surface area contributed by atoms with E-state index in [0.29, 0.717) is 0 Å². The van der Waals surface area contributed by atoms with E-state index in [2.05, 4.69) is 36.5 Å². The Kier molecular flexibility index (Phi) is 3.40. The standard InChI is InChI=1S/C10H12/c1-2-4-6-8-10-9-7-5-3-1/h1-8H,9-10H2/b3-1-,4-2-,7-5-,8-6-. The van der Waals surface area contributed by atoms with Gasteiger partial charge in [0.2, 0.25) is 0 Å². The molecule has 0 nitrogen and oxygen atoms in total. The smallest absolute Gasteiger partial charge is 0.0313 e. The van der Waals surface area contributed by atoms with E-state index in [0.717, 1.165) is 12.8 Å². The molecule has 0 saturated heterocycles. The fourth-order valence-corrected chi connectivity index (χ4v) is 0.799. The number of rotatable bonds is 0. The fraction of sp³-hybridized carbons (Fsp3) is 0.200. The Morgan fingerprint density at radius 1 is 0.500 bits per heavy atom. The molecule has 0 saturated carbocycles. The van der Waals surface area contributed by atoms with Crippen molar-refractivity contribution in [2.45, 2.75) is 12.8 Å². The number of hydrogen-bond acceptors (Lipinski definition) is 0. The molecule has 1 rings (SSSR count). The molecule has 10 heavy (non-hydrogen) atoms. The van der Waals surface area contributed by atoms with Gasteiger partial charge in [-0.25, -0.2) is 0 Å². The predicted octanol–water partition coefficient (Wildman–Crippen LogP) is 3.01. The maximum absolute atomic E-state index is 2.18. The first-order valence-electron chi connectivity index (χ1n) is 3.65. The summed E-state index contributed by atoms with van der Waals surface area (Å²) < 4.78 is 0. The van der Waals surface area contributed by atoms with E-state index in [1.165, 1.54) is 0 Å². The van der Waals surface area contributed by atoms with Crippen LogP contribution < -0.4 is 0 Å². The zero-order valence-electron chi connectivity index (χ0n) is 6.03. The Morgan fingerprint density at radius 2 is 0.900 bits per heavy atom. The van der Waals surface area contributed by atoms with Crippen LogP contribution in [-0.4, -0.2) is 0 Å². The maximum Gasteiger partial charge on any atom is -0.0313 e. The van der Waals surface area contributed by atoms with Gasteiger partial charge in [-0.05, 0) is 12.8 Å². The highest BCUT2D eigenvalue weighted by molar-refractivity contribution is 5.16. The fourth-order valence-electron chi connectivity index (χ4n) is 0.799. The van der Waals surface area contributed by atoms with Crippen LogP contribution in [0.5, 0.6) is 0 Å². The molecule has 0 atom stereocenters. The molecule has 0 fully saturated rings. The van der Waals surface area contributed by atoms with Crippen molar-refractivity contribution < 1.29 is 0 Å². The first-order valence-corrected chi connectivity index (χ1v) is 3.65. The van der Waals surface area contributed by atoms with E-state index < -0.39 is 0 Å². The van der Waals surface area contributed by atoms with Gasteiger partial charge < -0.3 is 0 Å². The summed E-state index contributed by atoms with van der Waals surface area (Å²) in [6.07, 6.45) is 19.0. The van der Waals surface area contributed by atoms with Crippen LogP contribution in [0.3, 0.4) is 0 Å². The molecule has 0 heterocycles. The Labute approximate surface area is 62.3 Å². The zero-order chi connectivity index (χ0) is 7.07. The van der Waals surface area contributed by atoms with Crippen LogP contribution in [0.2, 0.25) is 0 Å². The third-order valence-electron chi connectivity index (χ3n) is 1.33. The van der Waals surface area contributed by atoms with E-state index in [-0.39, 0.29) is 0 Å². The highest BCUT2D eigenvalue weighted by Gasteiger charge is 1.74. The third-order valence-corrected chi connectivity index (χ3v) is 1.33. The van der Waals surface area contributed by atoms with Crippen LogP contribution in [0.15, 0.2) is 48.6 Å². The van der Waals surface area contributed by atoms with Crippen LogP contribution in [0, 0.1) is 0 Å². The van der Waals surface area contributed by atoms with Crippen LogP contribution in [0.25, 0.3) is 0 Å². The van der Waals surface area contributed by atoms with Crippen LogP contribution in [-0.2, 0) is 0 Å². The second kappa shape index (κ2) is 4.80. The minimum absolute atomic E-state index is 1.15. The SMILES string of the molecule is C1=C\C=C/CC/C=C\C=C/1. The van der Waals surface area contributed by atoms with Crippen LogP contribution in [0.1, 0.15) is 12.8 Å². The highest BCUT2D eigenvalue weighted by atomic mass is 13.8. The quantitative estimate of drug-likeness (QED) is 0.475. The van der Waals surface area contributed by atoms with Gasteiger partial charge in [-0.1, -0.05) is 48.6 Å². The summed E-state index contributed by atoms with van der Waals surface area (Å²) in [5.74, 6) is 0. The average molecular weight is 132 g/mol. The van der Waals surface area contributed by atoms with Gasteiger partial charge in [-0.2, -0.15) is 0 Å². The zero-order valence-corrected chi connectivity index (χ0v) is 6.03. The van der Waals surface area contributed by atoms with Gasteiger partial charge >= 0.3 is 0 Å². The minimum atomic E-state index is 1.15. The second-order valence-electron chi connectivity index (χ2n) is 2.20. The van der Waals surface area contributed by atoms with Gasteiger partial charge in [0.15, 0.2) is 0 Å². The van der Waals surface area contributed by atoms with Gasteiger partial charge in [-0.3, -0.25) is 0 Å². The molecule has 0 spiro atoms. The van der Waals surface area contributed by atoms with Crippen molar-refractivity contribution in [1.29, 1.82) is 0 Å². The molecule has 0 aromatic heterocycles. The van der Waals surface area contributed by atoms with Crippen molar-refractivity contribution in [1.82, 2.24) is 0 Å². The lowest BCUT2D eigenvalue weighted by molar-refractivity contribution is 1.05. The molecule has 0 unspecified atom stereocenters. The molecule has 0 radical (unpaired) electrons. The largest absolute Gasteiger partial charge is 0.0842 e. The summed E-state index contributed by atoms with van der Waals surface area (Å²) in [5, 5.41) is 0. The third kappa shape index (κ3) is 3.08. The molecule has 0 N–H and O–H groups in total. The Bertz CT molecular complexity index is 158. The molecule has 0 amide bonds. The summed E-state index contributed by atoms with van der Waals surface area (Å²) in [6.45, 7) is 0. The van der Waals surface area contributed by atoms with Crippen molar-refractivity contribution >= 4 is 0 Å². The second-order valence-corrected chi connectivity index (χ2v) is 2.20. The van der Waals surface area contributed by atoms with Gasteiger partial charge in [0.25, 0.3) is 0 Å². The van der Waals surface area contributed by atoms with E-state index in [1.54, 1.807) is 0 Å². The molecule has 0 aliphatic heterocycles. The molecule has 0 aromatic rings. The Balaban J connectivity index is 2.53. The lowest BCUT2D eigenvalue weighted by atomic mass is 10.2. The lowest BCUT2D eigenvalue weighted by Gasteiger charge is -1.85. The summed E-state index contributed by atoms with van der Waals surface area (Å²) in [7, 11) is 0. The first-order chi connectivity index (χ1) is 5.00. The number of allylic oxidation sites excluding steroid dienone is 8. The lowest BCUT2D eigenvalue weighted by Crippen LogP contribution is -1.64. The molecular formula is C10H12. The molecule has 52 valence electrons. The minimum Gasteiger partial charge on any atom is -0.0842 e. The van der Waals surface area contributed by atoms with E-state index >= 15 is 0 Å². The first kappa shape index (κ1) is 7.07. The van der Waals surface area contributed by atoms with Crippen molar-refractivity contribution in [2.24, 2.45) is 0 Å². The van der Waals surface area contributed by atoms with E-state index in [1.807, 2.05) is 12.2 Å². The molecule has 0 bridgehead atoms. The summed E-state index contributed by atoms with van der Waals surface area (Å²) in [5.41, 5.74) is 0.